The van der Waals surface area contributed by atoms with Crippen molar-refractivity contribution in [1.82, 2.24) is 9.88 Å². The second-order valence-electron chi connectivity index (χ2n) is 8.71. The number of hydrogen-bond acceptors (Lipinski definition) is 3. The van der Waals surface area contributed by atoms with Crippen molar-refractivity contribution in [3.05, 3.63) is 95.6 Å². The zero-order valence-electron chi connectivity index (χ0n) is 19.6. The molecule has 6 heteroatoms. The molecule has 1 aromatic rings. The van der Waals surface area contributed by atoms with E-state index in [0.717, 1.165) is 36.9 Å². The van der Waals surface area contributed by atoms with Crippen LogP contribution in [0, 0.1) is 5.92 Å². The van der Waals surface area contributed by atoms with Crippen molar-refractivity contribution < 1.29 is 13.6 Å². The van der Waals surface area contributed by atoms with Gasteiger partial charge >= 0.3 is 0 Å². The highest BCUT2D eigenvalue weighted by molar-refractivity contribution is 6.10. The number of nitrogens with zero attached hydrogens (tertiary/aromatic N) is 1. The molecule has 0 spiro atoms. The molecule has 34 heavy (non-hydrogen) atoms. The Morgan fingerprint density at radius 2 is 2.03 bits per heavy atom. The maximum Gasteiger partial charge on any atom is 0.209 e. The molecule has 0 saturated heterocycles. The van der Waals surface area contributed by atoms with Gasteiger partial charge in [-0.3, -0.25) is 4.79 Å². The smallest absolute Gasteiger partial charge is 0.209 e. The van der Waals surface area contributed by atoms with Gasteiger partial charge in [-0.15, -0.1) is 0 Å². The van der Waals surface area contributed by atoms with E-state index in [0.29, 0.717) is 24.2 Å². The van der Waals surface area contributed by atoms with Crippen LogP contribution in [0.2, 0.25) is 0 Å². The molecule has 4 nitrogen and oxygen atoms in total. The number of Topliss-reactive ketones (excluding diaryl/α,β-unsaturated/α-hetero) is 1. The first-order valence-electron chi connectivity index (χ1n) is 11.7. The average molecular weight is 466 g/mol. The first-order valence-corrected chi connectivity index (χ1v) is 11.7. The Labute approximate surface area is 200 Å². The minimum atomic E-state index is -0.836. The first kappa shape index (κ1) is 25.4. The first-order chi connectivity index (χ1) is 16.4. The van der Waals surface area contributed by atoms with Gasteiger partial charge in [-0.1, -0.05) is 50.6 Å². The number of rotatable bonds is 9. The summed E-state index contributed by atoms with van der Waals surface area (Å²) in [6.07, 6.45) is 19.2. The van der Waals surface area contributed by atoms with Crippen LogP contribution in [0.15, 0.2) is 84.2 Å². The Morgan fingerprint density at radius 3 is 2.79 bits per heavy atom. The third-order valence-electron chi connectivity index (χ3n) is 6.23. The minimum absolute atomic E-state index is 0.103. The van der Waals surface area contributed by atoms with Crippen LogP contribution in [0.1, 0.15) is 55.2 Å². The normalized spacial score (nSPS) is 21.6. The quantitative estimate of drug-likeness (QED) is 0.252. The zero-order chi connectivity index (χ0) is 24.5. The van der Waals surface area contributed by atoms with Crippen LogP contribution < -0.4 is 11.1 Å². The number of ketones is 1. The molecular weight excluding hydrogens is 432 g/mol. The van der Waals surface area contributed by atoms with Gasteiger partial charge in [-0.2, -0.15) is 0 Å². The van der Waals surface area contributed by atoms with Crippen molar-refractivity contribution in [1.29, 1.82) is 0 Å². The Kier molecular flexibility index (Phi) is 9.16. The van der Waals surface area contributed by atoms with E-state index in [1.54, 1.807) is 29.0 Å². The maximum absolute atomic E-state index is 14.9. The predicted molar refractivity (Wildman–Crippen MR) is 136 cm³/mol. The molecule has 2 aliphatic rings. The third kappa shape index (κ3) is 6.64. The van der Waals surface area contributed by atoms with E-state index in [1.165, 1.54) is 19.3 Å². The molecule has 1 aliphatic carbocycles. The van der Waals surface area contributed by atoms with Gasteiger partial charge in [0.1, 0.15) is 11.7 Å². The van der Waals surface area contributed by atoms with Crippen molar-refractivity contribution in [2.75, 3.05) is 6.54 Å². The number of carbonyl (C=O) groups is 1. The highest BCUT2D eigenvalue weighted by Gasteiger charge is 2.20. The number of carbonyl (C=O) groups excluding carboxylic acids is 1. The molecule has 0 radical (unpaired) electrons. The fourth-order valence-electron chi connectivity index (χ4n) is 4.25. The summed E-state index contributed by atoms with van der Waals surface area (Å²) in [6.45, 7) is 6.60. The molecule has 1 aromatic heterocycles. The van der Waals surface area contributed by atoms with Crippen molar-refractivity contribution in [3.63, 3.8) is 0 Å². The number of hydrogen-bond donors (Lipinski definition) is 2. The number of nitrogens with one attached hydrogen (secondary N) is 1. The lowest BCUT2D eigenvalue weighted by atomic mass is 9.86. The molecule has 1 fully saturated rings. The van der Waals surface area contributed by atoms with Crippen LogP contribution in [-0.2, 0) is 0 Å². The lowest BCUT2D eigenvalue weighted by Crippen LogP contribution is -2.37. The van der Waals surface area contributed by atoms with Crippen molar-refractivity contribution >= 4 is 18.1 Å². The summed E-state index contributed by atoms with van der Waals surface area (Å²) in [7, 11) is 0. The Morgan fingerprint density at radius 1 is 1.24 bits per heavy atom. The van der Waals surface area contributed by atoms with Crippen LogP contribution >= 0.6 is 0 Å². The molecule has 0 bridgehead atoms. The lowest BCUT2D eigenvalue weighted by Gasteiger charge is -2.29. The minimum Gasteiger partial charge on any atom is -0.402 e. The molecule has 1 aliphatic heterocycles. The summed E-state index contributed by atoms with van der Waals surface area (Å²) >= 11 is 0. The SMILES string of the molecule is C=C(/C=C/CNC1CCCCC1C)\C(F)=C/C(=C\C(F)=C\N)C(=O)c1ccc2n1C=CCC=C2. The van der Waals surface area contributed by atoms with E-state index in [4.69, 9.17) is 5.73 Å². The fourth-order valence-corrected chi connectivity index (χ4v) is 4.25. The summed E-state index contributed by atoms with van der Waals surface area (Å²) in [4.78, 5) is 13.2. The molecule has 2 unspecified atom stereocenters. The molecule has 2 heterocycles. The molecule has 2 atom stereocenters. The van der Waals surface area contributed by atoms with Gasteiger partial charge in [0.05, 0.1) is 5.69 Å². The highest BCUT2D eigenvalue weighted by atomic mass is 19.1. The van der Waals surface area contributed by atoms with Crippen LogP contribution in [0.4, 0.5) is 8.78 Å². The number of aromatic nitrogens is 1. The Bertz CT molecular complexity index is 1090. The van der Waals surface area contributed by atoms with Gasteiger partial charge in [-0.25, -0.2) is 8.78 Å². The second-order valence-corrected chi connectivity index (χ2v) is 8.71. The summed E-state index contributed by atoms with van der Waals surface area (Å²) in [5.74, 6) is -1.45. The van der Waals surface area contributed by atoms with Crippen LogP contribution in [0.5, 0.6) is 0 Å². The van der Waals surface area contributed by atoms with Gasteiger partial charge in [0.15, 0.2) is 0 Å². The highest BCUT2D eigenvalue weighted by Crippen LogP contribution is 2.24. The zero-order valence-corrected chi connectivity index (χ0v) is 19.6. The number of fused-ring (bicyclic) bond motifs is 1. The topological polar surface area (TPSA) is 60.0 Å². The summed E-state index contributed by atoms with van der Waals surface area (Å²) < 4.78 is 30.6. The third-order valence-corrected chi connectivity index (χ3v) is 6.23. The molecule has 3 N–H and O–H groups in total. The largest absolute Gasteiger partial charge is 0.402 e. The molecule has 0 amide bonds. The van der Waals surface area contributed by atoms with Crippen molar-refractivity contribution in [2.24, 2.45) is 11.7 Å². The predicted octanol–water partition coefficient (Wildman–Crippen LogP) is 6.39. The number of allylic oxidation sites excluding steroid dienone is 9. The molecular formula is C28H33F2N3O. The van der Waals surface area contributed by atoms with Gasteiger partial charge in [0.25, 0.3) is 0 Å². The van der Waals surface area contributed by atoms with E-state index < -0.39 is 17.4 Å². The van der Waals surface area contributed by atoms with E-state index in [2.05, 4.69) is 18.8 Å². The van der Waals surface area contributed by atoms with Crippen LogP contribution in [0.3, 0.4) is 0 Å². The van der Waals surface area contributed by atoms with E-state index in [-0.39, 0.29) is 11.1 Å². The standard InChI is InChI=1S/C28H33F2N3O/c1-20(10-8-15-32-26-12-6-5-9-21(26)2)25(30)18-22(17-23(29)19-31)28(34)27-14-13-24-11-4-3-7-16-33(24)27/h4,7-8,10-11,13-14,16-19,21,26,32H,1,3,5-6,9,12,15,31H2,2H3/b10-8+,22-17+,23-19-,25-18+. The van der Waals surface area contributed by atoms with Crippen molar-refractivity contribution in [3.8, 4) is 0 Å². The van der Waals surface area contributed by atoms with Crippen molar-refractivity contribution in [2.45, 2.75) is 45.1 Å². The van der Waals surface area contributed by atoms with E-state index >= 15 is 0 Å². The molecule has 180 valence electrons. The number of nitrogens with two attached hydrogens (primary N) is 1. The monoisotopic (exact) mass is 465 g/mol. The summed E-state index contributed by atoms with van der Waals surface area (Å²) in [5, 5.41) is 3.49. The van der Waals surface area contributed by atoms with E-state index in [1.807, 2.05) is 24.3 Å². The van der Waals surface area contributed by atoms with Crippen LogP contribution in [0.25, 0.3) is 12.3 Å². The van der Waals surface area contributed by atoms with Crippen LogP contribution in [-0.4, -0.2) is 22.9 Å². The van der Waals surface area contributed by atoms with Gasteiger partial charge in [-0.05, 0) is 55.5 Å². The fraction of sp³-hybridized carbons (Fsp3) is 0.321. The van der Waals surface area contributed by atoms with Gasteiger partial charge in [0, 0.05) is 41.8 Å². The maximum atomic E-state index is 14.9. The molecule has 1 saturated carbocycles. The lowest BCUT2D eigenvalue weighted by molar-refractivity contribution is 0.103. The Hall–Kier alpha value is -3.25. The summed E-state index contributed by atoms with van der Waals surface area (Å²) in [6, 6.07) is 3.88. The van der Waals surface area contributed by atoms with Gasteiger partial charge in [0.2, 0.25) is 5.78 Å². The number of halogens is 2. The van der Waals surface area contributed by atoms with E-state index in [9.17, 15) is 13.6 Å². The Balaban J connectivity index is 1.74. The molecule has 3 rings (SSSR count). The van der Waals surface area contributed by atoms with Gasteiger partial charge < -0.3 is 15.6 Å². The average Bonchev–Trinajstić information content (AvgIpc) is 3.09. The summed E-state index contributed by atoms with van der Waals surface area (Å²) in [5.41, 5.74) is 6.29. The molecule has 0 aromatic carbocycles. The second kappa shape index (κ2) is 12.3.